The third-order valence-corrected chi connectivity index (χ3v) is 2.92. The minimum atomic E-state index is -1.02. The molecule has 0 bridgehead atoms. The molecule has 0 aromatic heterocycles. The highest BCUT2D eigenvalue weighted by Crippen LogP contribution is 2.12. The van der Waals surface area contributed by atoms with Crippen molar-refractivity contribution < 1.29 is 19.5 Å². The van der Waals surface area contributed by atoms with Crippen molar-refractivity contribution in [1.29, 1.82) is 0 Å². The van der Waals surface area contributed by atoms with Crippen LogP contribution in [0.5, 0.6) is 5.75 Å². The molecule has 6 nitrogen and oxygen atoms in total. The molecule has 0 radical (unpaired) electrons. The van der Waals surface area contributed by atoms with E-state index in [4.69, 9.17) is 0 Å². The van der Waals surface area contributed by atoms with Crippen LogP contribution >= 0.6 is 0 Å². The molecule has 0 spiro atoms. The van der Waals surface area contributed by atoms with Crippen molar-refractivity contribution in [3.05, 3.63) is 53.8 Å². The number of ketones is 3. The van der Waals surface area contributed by atoms with Crippen molar-refractivity contribution in [3.63, 3.8) is 0 Å². The van der Waals surface area contributed by atoms with Crippen molar-refractivity contribution in [1.82, 2.24) is 5.32 Å². The topological polar surface area (TPSA) is 95.8 Å². The number of rotatable bonds is 5. The van der Waals surface area contributed by atoms with E-state index in [1.165, 1.54) is 12.3 Å². The Labute approximate surface area is 126 Å². The molecule has 22 heavy (non-hydrogen) atoms. The fourth-order valence-electron chi connectivity index (χ4n) is 1.74. The number of carbonyl (C=O) groups excluding carboxylic acids is 3. The van der Waals surface area contributed by atoms with Gasteiger partial charge in [0.15, 0.2) is 0 Å². The van der Waals surface area contributed by atoms with Gasteiger partial charge < -0.3 is 10.4 Å². The Morgan fingerprint density at radius 2 is 1.86 bits per heavy atom. The Hall–Kier alpha value is -3.02. The molecule has 0 saturated heterocycles. The summed E-state index contributed by atoms with van der Waals surface area (Å²) in [5, 5.41) is 12.4. The highest BCUT2D eigenvalue weighted by molar-refractivity contribution is 6.70. The summed E-state index contributed by atoms with van der Waals surface area (Å²) in [5.74, 6) is -2.47. The minimum Gasteiger partial charge on any atom is -0.507 e. The molecule has 112 valence electrons. The molecule has 6 heteroatoms. The summed E-state index contributed by atoms with van der Waals surface area (Å²) in [5.41, 5.74) is 0.768. The number of carbonyl (C=O) groups is 3. The lowest BCUT2D eigenvalue weighted by molar-refractivity contribution is -0.141. The number of phenols is 1. The van der Waals surface area contributed by atoms with E-state index in [2.05, 4.69) is 10.3 Å². The van der Waals surface area contributed by atoms with Crippen molar-refractivity contribution in [2.75, 3.05) is 13.1 Å². The van der Waals surface area contributed by atoms with Crippen LogP contribution in [0.3, 0.4) is 0 Å². The Balaban J connectivity index is 1.83. The van der Waals surface area contributed by atoms with E-state index >= 15 is 0 Å². The highest BCUT2D eigenvalue weighted by Gasteiger charge is 2.26. The van der Waals surface area contributed by atoms with Gasteiger partial charge in [0.2, 0.25) is 11.6 Å². The molecule has 1 aliphatic rings. The Bertz CT molecular complexity index is 702. The average Bonchev–Trinajstić information content (AvgIpc) is 2.52. The highest BCUT2D eigenvalue weighted by atomic mass is 16.3. The summed E-state index contributed by atoms with van der Waals surface area (Å²) in [7, 11) is 0. The molecule has 0 saturated carbocycles. The van der Waals surface area contributed by atoms with Crippen LogP contribution in [0.2, 0.25) is 0 Å². The summed E-state index contributed by atoms with van der Waals surface area (Å²) < 4.78 is 0. The van der Waals surface area contributed by atoms with Crippen molar-refractivity contribution in [2.24, 2.45) is 4.99 Å². The van der Waals surface area contributed by atoms with Crippen LogP contribution in [0.25, 0.3) is 0 Å². The number of Topliss-reactive ketones (excluding diaryl/α,β-unsaturated/α-hetero) is 2. The Kier molecular flexibility index (Phi) is 4.98. The monoisotopic (exact) mass is 298 g/mol. The Morgan fingerprint density at radius 1 is 1.09 bits per heavy atom. The van der Waals surface area contributed by atoms with E-state index in [9.17, 15) is 19.5 Å². The zero-order valence-electron chi connectivity index (χ0n) is 11.7. The van der Waals surface area contributed by atoms with E-state index in [0.717, 1.165) is 6.08 Å². The average molecular weight is 298 g/mol. The third kappa shape index (κ3) is 3.76. The molecule has 2 rings (SSSR count). The number of benzene rings is 1. The lowest BCUT2D eigenvalue weighted by Gasteiger charge is -2.05. The van der Waals surface area contributed by atoms with Gasteiger partial charge in [-0.1, -0.05) is 12.1 Å². The smallest absolute Gasteiger partial charge is 0.273 e. The molecule has 0 heterocycles. The molecule has 1 aromatic rings. The van der Waals surface area contributed by atoms with E-state index in [1.54, 1.807) is 30.5 Å². The molecule has 0 amide bonds. The van der Waals surface area contributed by atoms with Gasteiger partial charge in [-0.15, -0.1) is 0 Å². The van der Waals surface area contributed by atoms with Crippen LogP contribution in [-0.4, -0.2) is 41.8 Å². The second kappa shape index (κ2) is 7.12. The first-order valence-electron chi connectivity index (χ1n) is 6.62. The van der Waals surface area contributed by atoms with Crippen LogP contribution < -0.4 is 5.32 Å². The standard InChI is InChI=1S/C16H14N2O4/c19-13-4-2-1-3-11(13)9-17-7-8-18-10-12-5-6-14(20)16(22)15(12)21/h1-6,9-10,18-19H,7-8H2/b12-10+,17-9?. The predicted octanol–water partition coefficient (Wildman–Crippen LogP) is 0.562. The molecule has 0 atom stereocenters. The van der Waals surface area contributed by atoms with Gasteiger partial charge in [0.05, 0.1) is 6.54 Å². The molecule has 1 aliphatic carbocycles. The first-order chi connectivity index (χ1) is 10.6. The molecular formula is C16H14N2O4. The maximum absolute atomic E-state index is 11.5. The van der Waals surface area contributed by atoms with Crippen LogP contribution in [0, 0.1) is 0 Å². The van der Waals surface area contributed by atoms with Crippen molar-refractivity contribution >= 4 is 23.6 Å². The van der Waals surface area contributed by atoms with Gasteiger partial charge in [-0.05, 0) is 24.3 Å². The number of aliphatic imine (C=N–C) groups is 1. The van der Waals surface area contributed by atoms with Gasteiger partial charge in [0, 0.05) is 30.1 Å². The summed E-state index contributed by atoms with van der Waals surface area (Å²) in [6, 6.07) is 6.83. The molecule has 2 N–H and O–H groups in total. The summed E-state index contributed by atoms with van der Waals surface area (Å²) in [6.45, 7) is 0.861. The van der Waals surface area contributed by atoms with Gasteiger partial charge in [0.25, 0.3) is 5.78 Å². The molecule has 0 fully saturated rings. The first kappa shape index (κ1) is 15.4. The third-order valence-electron chi connectivity index (χ3n) is 2.92. The molecular weight excluding hydrogens is 284 g/mol. The number of allylic oxidation sites excluding steroid dienone is 3. The normalized spacial score (nSPS) is 16.7. The van der Waals surface area contributed by atoms with Gasteiger partial charge >= 0.3 is 0 Å². The van der Waals surface area contributed by atoms with E-state index in [-0.39, 0.29) is 11.3 Å². The van der Waals surface area contributed by atoms with Crippen LogP contribution in [-0.2, 0) is 14.4 Å². The largest absolute Gasteiger partial charge is 0.507 e. The van der Waals surface area contributed by atoms with Gasteiger partial charge in [0.1, 0.15) is 5.75 Å². The fraction of sp³-hybridized carbons (Fsp3) is 0.125. The zero-order valence-corrected chi connectivity index (χ0v) is 11.7. The lowest BCUT2D eigenvalue weighted by Crippen LogP contribution is -2.28. The van der Waals surface area contributed by atoms with Crippen molar-refractivity contribution in [2.45, 2.75) is 0 Å². The van der Waals surface area contributed by atoms with E-state index < -0.39 is 17.3 Å². The lowest BCUT2D eigenvalue weighted by atomic mass is 9.99. The fourth-order valence-corrected chi connectivity index (χ4v) is 1.74. The van der Waals surface area contributed by atoms with Crippen molar-refractivity contribution in [3.8, 4) is 5.75 Å². The number of hydrogen-bond acceptors (Lipinski definition) is 6. The number of hydrogen-bond donors (Lipinski definition) is 2. The van der Waals surface area contributed by atoms with E-state index in [0.29, 0.717) is 18.7 Å². The first-order valence-corrected chi connectivity index (χ1v) is 6.62. The van der Waals surface area contributed by atoms with Crippen LogP contribution in [0.1, 0.15) is 5.56 Å². The second-order valence-electron chi connectivity index (χ2n) is 4.50. The maximum Gasteiger partial charge on any atom is 0.273 e. The summed E-state index contributed by atoms with van der Waals surface area (Å²) in [6.07, 6.45) is 5.33. The number of para-hydroxylation sites is 1. The Morgan fingerprint density at radius 3 is 2.64 bits per heavy atom. The molecule has 0 aliphatic heterocycles. The molecule has 0 unspecified atom stereocenters. The maximum atomic E-state index is 11.5. The second-order valence-corrected chi connectivity index (χ2v) is 4.50. The van der Waals surface area contributed by atoms with Gasteiger partial charge in [-0.25, -0.2) is 0 Å². The quantitative estimate of drug-likeness (QED) is 0.358. The summed E-state index contributed by atoms with van der Waals surface area (Å²) >= 11 is 0. The summed E-state index contributed by atoms with van der Waals surface area (Å²) in [4.78, 5) is 37.8. The van der Waals surface area contributed by atoms with Gasteiger partial charge in [-0.3, -0.25) is 19.4 Å². The van der Waals surface area contributed by atoms with Crippen LogP contribution in [0.15, 0.2) is 53.2 Å². The zero-order chi connectivity index (χ0) is 15.9. The number of nitrogens with zero attached hydrogens (tertiary/aromatic N) is 1. The SMILES string of the molecule is O=C1C=C/C(=C\NCCN=Cc2ccccc2O)C(=O)C1=O. The number of nitrogens with one attached hydrogen (secondary N) is 1. The van der Waals surface area contributed by atoms with Crippen LogP contribution in [0.4, 0.5) is 0 Å². The van der Waals surface area contributed by atoms with Gasteiger partial charge in [-0.2, -0.15) is 0 Å². The number of phenolic OH excluding ortho intramolecular Hbond substituents is 1. The molecule has 1 aromatic carbocycles. The minimum absolute atomic E-state index is 0.147. The number of aromatic hydroxyl groups is 1. The predicted molar refractivity (Wildman–Crippen MR) is 80.8 cm³/mol. The van der Waals surface area contributed by atoms with E-state index in [1.807, 2.05) is 0 Å².